The van der Waals surface area contributed by atoms with Crippen molar-refractivity contribution in [2.75, 3.05) is 6.54 Å². The molecule has 18 heavy (non-hydrogen) atoms. The number of rotatable bonds is 5. The quantitative estimate of drug-likeness (QED) is 0.757. The van der Waals surface area contributed by atoms with Gasteiger partial charge in [0.05, 0.1) is 12.8 Å². The number of hydrogen-bond acceptors (Lipinski definition) is 4. The Morgan fingerprint density at radius 3 is 2.61 bits per heavy atom. The highest BCUT2D eigenvalue weighted by atomic mass is 16.6. The van der Waals surface area contributed by atoms with Gasteiger partial charge in [-0.3, -0.25) is 9.69 Å². The van der Waals surface area contributed by atoms with Crippen molar-refractivity contribution < 1.29 is 13.9 Å². The van der Waals surface area contributed by atoms with Gasteiger partial charge in [0.15, 0.2) is 0 Å². The fourth-order valence-corrected chi connectivity index (χ4v) is 1.66. The lowest BCUT2D eigenvalue weighted by molar-refractivity contribution is -0.161. The zero-order chi connectivity index (χ0) is 13.8. The number of carbonyl (C=O) groups is 1. The molecule has 0 aliphatic rings. The van der Waals surface area contributed by atoms with Crippen LogP contribution in [0.25, 0.3) is 0 Å². The van der Waals surface area contributed by atoms with Crippen LogP contribution in [0, 0.1) is 0 Å². The lowest BCUT2D eigenvalue weighted by atomic mass is 10.2. The van der Waals surface area contributed by atoms with Crippen LogP contribution in [0.2, 0.25) is 0 Å². The zero-order valence-electron chi connectivity index (χ0n) is 11.9. The molecule has 1 heterocycles. The van der Waals surface area contributed by atoms with Crippen molar-refractivity contribution in [2.45, 2.75) is 52.8 Å². The molecule has 0 aliphatic carbocycles. The second-order valence-corrected chi connectivity index (χ2v) is 5.35. The van der Waals surface area contributed by atoms with Crippen LogP contribution in [0.1, 0.15) is 40.4 Å². The maximum Gasteiger partial charge on any atom is 0.323 e. The number of carbonyl (C=O) groups excluding carboxylic acids is 1. The van der Waals surface area contributed by atoms with Crippen molar-refractivity contribution in [1.82, 2.24) is 4.90 Å². The van der Waals surface area contributed by atoms with Gasteiger partial charge < -0.3 is 9.15 Å². The second kappa shape index (κ2) is 6.05. The Balaban J connectivity index is 2.61. The molecule has 1 aromatic rings. The van der Waals surface area contributed by atoms with E-state index in [1.165, 1.54) is 0 Å². The summed E-state index contributed by atoms with van der Waals surface area (Å²) in [5.41, 5.74) is -0.449. The highest BCUT2D eigenvalue weighted by Crippen LogP contribution is 2.14. The van der Waals surface area contributed by atoms with Gasteiger partial charge in [-0.25, -0.2) is 0 Å². The van der Waals surface area contributed by atoms with Gasteiger partial charge in [-0.05, 0) is 46.4 Å². The number of nitrogens with zero attached hydrogens (tertiary/aromatic N) is 1. The van der Waals surface area contributed by atoms with Crippen LogP contribution in [0.3, 0.4) is 0 Å². The van der Waals surface area contributed by atoms with E-state index in [0.29, 0.717) is 6.54 Å². The molecular weight excluding hydrogens is 230 g/mol. The standard InChI is InChI=1S/C14H23NO3/c1-6-15(10-12-8-7-9-17-12)11(2)13(16)18-14(3,4)5/h7-9,11H,6,10H2,1-5H3. The first-order chi connectivity index (χ1) is 8.33. The van der Waals surface area contributed by atoms with E-state index in [1.807, 2.05) is 51.7 Å². The summed E-state index contributed by atoms with van der Waals surface area (Å²) in [7, 11) is 0. The number of ether oxygens (including phenoxy) is 1. The minimum absolute atomic E-state index is 0.198. The Morgan fingerprint density at radius 2 is 2.17 bits per heavy atom. The molecule has 0 fully saturated rings. The molecule has 1 rings (SSSR count). The fraction of sp³-hybridized carbons (Fsp3) is 0.643. The van der Waals surface area contributed by atoms with E-state index >= 15 is 0 Å². The van der Waals surface area contributed by atoms with Crippen molar-refractivity contribution in [3.05, 3.63) is 24.2 Å². The molecular formula is C14H23NO3. The number of furan rings is 1. The molecule has 0 aliphatic heterocycles. The van der Waals surface area contributed by atoms with Gasteiger partial charge in [0.25, 0.3) is 0 Å². The van der Waals surface area contributed by atoms with Crippen LogP contribution in [0.15, 0.2) is 22.8 Å². The average molecular weight is 253 g/mol. The summed E-state index contributed by atoms with van der Waals surface area (Å²) in [6.45, 7) is 10.9. The first-order valence-corrected chi connectivity index (χ1v) is 6.32. The largest absolute Gasteiger partial charge is 0.468 e. The third-order valence-corrected chi connectivity index (χ3v) is 2.64. The highest BCUT2D eigenvalue weighted by Gasteiger charge is 2.26. The summed E-state index contributed by atoms with van der Waals surface area (Å²) >= 11 is 0. The molecule has 4 nitrogen and oxygen atoms in total. The molecule has 1 aromatic heterocycles. The SMILES string of the molecule is CCN(Cc1ccco1)C(C)C(=O)OC(C)(C)C. The predicted molar refractivity (Wildman–Crippen MR) is 70.1 cm³/mol. The van der Waals surface area contributed by atoms with Gasteiger partial charge in [0, 0.05) is 0 Å². The smallest absolute Gasteiger partial charge is 0.323 e. The van der Waals surface area contributed by atoms with Crippen molar-refractivity contribution in [2.24, 2.45) is 0 Å². The summed E-state index contributed by atoms with van der Waals surface area (Å²) in [5, 5.41) is 0. The molecule has 0 spiro atoms. The van der Waals surface area contributed by atoms with Crippen molar-refractivity contribution >= 4 is 5.97 Å². The topological polar surface area (TPSA) is 42.7 Å². The summed E-state index contributed by atoms with van der Waals surface area (Å²) < 4.78 is 10.7. The summed E-state index contributed by atoms with van der Waals surface area (Å²) in [5.74, 6) is 0.656. The minimum atomic E-state index is -0.449. The summed E-state index contributed by atoms with van der Waals surface area (Å²) in [4.78, 5) is 14.0. The van der Waals surface area contributed by atoms with E-state index in [2.05, 4.69) is 0 Å². The average Bonchev–Trinajstić information content (AvgIpc) is 2.75. The van der Waals surface area contributed by atoms with E-state index in [-0.39, 0.29) is 12.0 Å². The normalized spacial score (nSPS) is 13.7. The van der Waals surface area contributed by atoms with E-state index in [9.17, 15) is 4.79 Å². The van der Waals surface area contributed by atoms with Crippen LogP contribution in [-0.2, 0) is 16.1 Å². The van der Waals surface area contributed by atoms with Gasteiger partial charge in [-0.2, -0.15) is 0 Å². The molecule has 0 N–H and O–H groups in total. The predicted octanol–water partition coefficient (Wildman–Crippen LogP) is 2.83. The third-order valence-electron chi connectivity index (χ3n) is 2.64. The lowest BCUT2D eigenvalue weighted by Crippen LogP contribution is -2.42. The lowest BCUT2D eigenvalue weighted by Gasteiger charge is -2.28. The van der Waals surface area contributed by atoms with Crippen molar-refractivity contribution in [3.63, 3.8) is 0 Å². The third kappa shape index (κ3) is 4.53. The van der Waals surface area contributed by atoms with Gasteiger partial charge in [-0.15, -0.1) is 0 Å². The maximum absolute atomic E-state index is 12.0. The van der Waals surface area contributed by atoms with E-state index in [0.717, 1.165) is 12.3 Å². The molecule has 0 aromatic carbocycles. The second-order valence-electron chi connectivity index (χ2n) is 5.35. The summed E-state index contributed by atoms with van der Waals surface area (Å²) in [6, 6.07) is 3.48. The van der Waals surface area contributed by atoms with E-state index < -0.39 is 5.60 Å². The molecule has 102 valence electrons. The fourth-order valence-electron chi connectivity index (χ4n) is 1.66. The minimum Gasteiger partial charge on any atom is -0.468 e. The first kappa shape index (κ1) is 14.8. The zero-order valence-corrected chi connectivity index (χ0v) is 11.9. The Kier molecular flexibility index (Phi) is 4.96. The summed E-state index contributed by atoms with van der Waals surface area (Å²) in [6.07, 6.45) is 1.64. The monoisotopic (exact) mass is 253 g/mol. The molecule has 0 amide bonds. The van der Waals surface area contributed by atoms with Gasteiger partial charge in [0.1, 0.15) is 17.4 Å². The highest BCUT2D eigenvalue weighted by molar-refractivity contribution is 5.75. The first-order valence-electron chi connectivity index (χ1n) is 6.32. The Bertz CT molecular complexity index is 365. The van der Waals surface area contributed by atoms with E-state index in [4.69, 9.17) is 9.15 Å². The number of hydrogen-bond donors (Lipinski definition) is 0. The van der Waals surface area contributed by atoms with Crippen LogP contribution >= 0.6 is 0 Å². The molecule has 4 heteroatoms. The molecule has 0 saturated heterocycles. The maximum atomic E-state index is 12.0. The van der Waals surface area contributed by atoms with Gasteiger partial charge in [-0.1, -0.05) is 6.92 Å². The van der Waals surface area contributed by atoms with Gasteiger partial charge >= 0.3 is 5.97 Å². The Hall–Kier alpha value is -1.29. The van der Waals surface area contributed by atoms with Crippen LogP contribution in [0.4, 0.5) is 0 Å². The Morgan fingerprint density at radius 1 is 1.50 bits per heavy atom. The van der Waals surface area contributed by atoms with Gasteiger partial charge in [0.2, 0.25) is 0 Å². The van der Waals surface area contributed by atoms with E-state index in [1.54, 1.807) is 6.26 Å². The van der Waals surface area contributed by atoms with Crippen LogP contribution < -0.4 is 0 Å². The molecule has 0 saturated carbocycles. The van der Waals surface area contributed by atoms with Crippen LogP contribution in [0.5, 0.6) is 0 Å². The molecule has 1 unspecified atom stereocenters. The molecule has 0 bridgehead atoms. The molecule has 0 radical (unpaired) electrons. The molecule has 1 atom stereocenters. The Labute approximate surface area is 109 Å². The van der Waals surface area contributed by atoms with Crippen molar-refractivity contribution in [3.8, 4) is 0 Å². The number of esters is 1. The van der Waals surface area contributed by atoms with Crippen LogP contribution in [-0.4, -0.2) is 29.1 Å². The van der Waals surface area contributed by atoms with Crippen molar-refractivity contribution in [1.29, 1.82) is 0 Å². The number of likely N-dealkylation sites (N-methyl/N-ethyl adjacent to an activating group) is 1.